The topological polar surface area (TPSA) is 84.3 Å². The quantitative estimate of drug-likeness (QED) is 0.624. The highest BCUT2D eigenvalue weighted by Crippen LogP contribution is 1.79. The Morgan fingerprint density at radius 2 is 1.62 bits per heavy atom. The summed E-state index contributed by atoms with van der Waals surface area (Å²) in [5.41, 5.74) is 1.28. The lowest BCUT2D eigenvalue weighted by atomic mass is 9.74. The molecular formula is C11H21BNO3. The summed E-state index contributed by atoms with van der Waals surface area (Å²) in [4.78, 5) is 0. The fraction of sp³-hybridized carbons (Fsp3) is 0.455. The maximum atomic E-state index is 5.01. The fourth-order valence-electron chi connectivity index (χ4n) is 1.16. The molecule has 1 aliphatic rings. The van der Waals surface area contributed by atoms with Gasteiger partial charge in [0, 0.05) is 13.1 Å². The Bertz CT molecular complexity index is 218. The van der Waals surface area contributed by atoms with Gasteiger partial charge in [-0.2, -0.15) is 0 Å². The Labute approximate surface area is 97.9 Å². The average Bonchev–Trinajstić information content (AvgIpc) is 2.33. The molecule has 4 nitrogen and oxygen atoms in total. The molecule has 0 bridgehead atoms. The van der Waals surface area contributed by atoms with Crippen molar-refractivity contribution in [3.63, 3.8) is 0 Å². The highest BCUT2D eigenvalue weighted by atomic mass is 16.5. The number of ether oxygens (including phenoxy) is 1. The first-order valence-electron chi connectivity index (χ1n) is 5.06. The molecule has 1 aromatic rings. The van der Waals surface area contributed by atoms with Gasteiger partial charge in [-0.15, -0.1) is 0 Å². The minimum atomic E-state index is 0. The van der Waals surface area contributed by atoms with Gasteiger partial charge in [0.1, 0.15) is 7.28 Å². The summed E-state index contributed by atoms with van der Waals surface area (Å²) in [5, 5.41) is 3.16. The van der Waals surface area contributed by atoms with Gasteiger partial charge < -0.3 is 21.0 Å². The number of nitrogens with one attached hydrogen (secondary N) is 1. The van der Waals surface area contributed by atoms with E-state index in [4.69, 9.17) is 4.74 Å². The predicted octanol–water partition coefficient (Wildman–Crippen LogP) is -0.979. The van der Waals surface area contributed by atoms with E-state index in [1.165, 1.54) is 5.46 Å². The predicted molar refractivity (Wildman–Crippen MR) is 68.6 cm³/mol. The lowest BCUT2D eigenvalue weighted by molar-refractivity contribution is 0.109. The van der Waals surface area contributed by atoms with Gasteiger partial charge in [-0.3, -0.25) is 0 Å². The molecule has 0 saturated carbocycles. The second-order valence-corrected chi connectivity index (χ2v) is 3.06. The second kappa shape index (κ2) is 12.2. The van der Waals surface area contributed by atoms with Gasteiger partial charge in [0.25, 0.3) is 0 Å². The molecule has 0 unspecified atom stereocenters. The molecular weight excluding hydrogens is 205 g/mol. The van der Waals surface area contributed by atoms with Crippen LogP contribution in [-0.2, 0) is 4.74 Å². The molecule has 0 spiro atoms. The van der Waals surface area contributed by atoms with Crippen LogP contribution in [-0.4, -0.2) is 44.5 Å². The van der Waals surface area contributed by atoms with Crippen LogP contribution >= 0.6 is 0 Å². The standard InChI is InChI=1S/C7H8B.C4H9NO.2H2O/c1-8-7-5-3-2-4-6-7;1-3-6-4-2-5-1;;/h2-6H,1H3;5H,1-4H2;2*1H2. The third-order valence-electron chi connectivity index (χ3n) is 1.98. The summed E-state index contributed by atoms with van der Waals surface area (Å²) in [7, 11) is 2.08. The molecule has 1 heterocycles. The zero-order chi connectivity index (χ0) is 10.1. The average molecular weight is 226 g/mol. The van der Waals surface area contributed by atoms with Crippen LogP contribution in [0.4, 0.5) is 0 Å². The van der Waals surface area contributed by atoms with Gasteiger partial charge in [-0.1, -0.05) is 42.6 Å². The molecule has 1 radical (unpaired) electrons. The maximum absolute atomic E-state index is 5.01. The minimum absolute atomic E-state index is 0. The smallest absolute Gasteiger partial charge is 0.148 e. The van der Waals surface area contributed by atoms with E-state index in [2.05, 4.69) is 24.7 Å². The van der Waals surface area contributed by atoms with Gasteiger partial charge in [0.2, 0.25) is 0 Å². The zero-order valence-corrected chi connectivity index (χ0v) is 9.70. The van der Waals surface area contributed by atoms with E-state index in [9.17, 15) is 0 Å². The van der Waals surface area contributed by atoms with Crippen LogP contribution in [0.3, 0.4) is 0 Å². The van der Waals surface area contributed by atoms with Crippen LogP contribution in [0.15, 0.2) is 30.3 Å². The van der Waals surface area contributed by atoms with Crippen molar-refractivity contribution in [3.8, 4) is 0 Å². The van der Waals surface area contributed by atoms with E-state index in [0.717, 1.165) is 26.3 Å². The summed E-state index contributed by atoms with van der Waals surface area (Å²) in [6.07, 6.45) is 0. The Hall–Kier alpha value is -0.875. The molecule has 0 amide bonds. The Balaban J connectivity index is 0. The van der Waals surface area contributed by atoms with Crippen LogP contribution in [0.2, 0.25) is 6.82 Å². The third-order valence-corrected chi connectivity index (χ3v) is 1.98. The molecule has 16 heavy (non-hydrogen) atoms. The Morgan fingerprint density at radius 3 is 1.88 bits per heavy atom. The summed E-state index contributed by atoms with van der Waals surface area (Å²) < 4.78 is 5.01. The number of hydrogen-bond donors (Lipinski definition) is 1. The van der Waals surface area contributed by atoms with Gasteiger partial charge in [0.15, 0.2) is 0 Å². The van der Waals surface area contributed by atoms with Crippen LogP contribution in [0.25, 0.3) is 0 Å². The van der Waals surface area contributed by atoms with Crippen molar-refractivity contribution in [1.82, 2.24) is 5.32 Å². The van der Waals surface area contributed by atoms with Crippen molar-refractivity contribution in [2.45, 2.75) is 6.82 Å². The summed E-state index contributed by atoms with van der Waals surface area (Å²) in [6.45, 7) is 5.87. The van der Waals surface area contributed by atoms with Crippen LogP contribution in [0.1, 0.15) is 0 Å². The largest absolute Gasteiger partial charge is 0.412 e. The molecule has 0 aliphatic carbocycles. The summed E-state index contributed by atoms with van der Waals surface area (Å²) >= 11 is 0. The minimum Gasteiger partial charge on any atom is -0.412 e. The number of morpholine rings is 1. The highest BCUT2D eigenvalue weighted by Gasteiger charge is 1.92. The lowest BCUT2D eigenvalue weighted by Gasteiger charge is -2.10. The van der Waals surface area contributed by atoms with E-state index < -0.39 is 0 Å². The Morgan fingerprint density at radius 1 is 1.06 bits per heavy atom. The highest BCUT2D eigenvalue weighted by molar-refractivity contribution is 6.51. The molecule has 91 valence electrons. The summed E-state index contributed by atoms with van der Waals surface area (Å²) in [5.74, 6) is 0. The van der Waals surface area contributed by atoms with Crippen molar-refractivity contribution in [2.75, 3.05) is 26.3 Å². The molecule has 5 heteroatoms. The molecule has 0 aromatic heterocycles. The first-order valence-corrected chi connectivity index (χ1v) is 5.06. The van der Waals surface area contributed by atoms with Crippen molar-refractivity contribution in [1.29, 1.82) is 0 Å². The van der Waals surface area contributed by atoms with E-state index in [-0.39, 0.29) is 11.0 Å². The number of benzene rings is 1. The maximum Gasteiger partial charge on any atom is 0.148 e. The fourth-order valence-corrected chi connectivity index (χ4v) is 1.16. The molecule has 0 atom stereocenters. The van der Waals surface area contributed by atoms with E-state index in [1.54, 1.807) is 0 Å². The summed E-state index contributed by atoms with van der Waals surface area (Å²) in [6, 6.07) is 10.3. The Kier molecular flexibility index (Phi) is 13.4. The molecule has 1 saturated heterocycles. The molecule has 1 aromatic carbocycles. The van der Waals surface area contributed by atoms with Crippen LogP contribution in [0.5, 0.6) is 0 Å². The van der Waals surface area contributed by atoms with Crippen molar-refractivity contribution < 1.29 is 15.7 Å². The van der Waals surface area contributed by atoms with E-state index >= 15 is 0 Å². The van der Waals surface area contributed by atoms with Crippen LogP contribution in [0, 0.1) is 0 Å². The van der Waals surface area contributed by atoms with E-state index in [0.29, 0.717) is 0 Å². The molecule has 1 fully saturated rings. The SMILES string of the molecule is C1COCCN1.C[B]c1ccccc1.O.O. The number of hydrogen-bond acceptors (Lipinski definition) is 2. The molecule has 1 aliphatic heterocycles. The van der Waals surface area contributed by atoms with Crippen LogP contribution < -0.4 is 10.8 Å². The normalized spacial score (nSPS) is 13.3. The third kappa shape index (κ3) is 8.43. The first kappa shape index (κ1) is 17.5. The molecule has 5 N–H and O–H groups in total. The first-order chi connectivity index (χ1) is 6.93. The van der Waals surface area contributed by atoms with Gasteiger partial charge in [0.05, 0.1) is 13.2 Å². The van der Waals surface area contributed by atoms with Gasteiger partial charge in [-0.05, 0) is 0 Å². The zero-order valence-electron chi connectivity index (χ0n) is 9.70. The number of rotatable bonds is 1. The van der Waals surface area contributed by atoms with Gasteiger partial charge in [-0.25, -0.2) is 0 Å². The second-order valence-electron chi connectivity index (χ2n) is 3.06. The monoisotopic (exact) mass is 226 g/mol. The molecule has 2 rings (SSSR count). The lowest BCUT2D eigenvalue weighted by Crippen LogP contribution is -2.30. The van der Waals surface area contributed by atoms with Crippen molar-refractivity contribution in [3.05, 3.63) is 30.3 Å². The van der Waals surface area contributed by atoms with E-state index in [1.807, 2.05) is 25.0 Å². The van der Waals surface area contributed by atoms with Crippen molar-refractivity contribution >= 4 is 12.7 Å². The van der Waals surface area contributed by atoms with Crippen molar-refractivity contribution in [2.24, 2.45) is 0 Å². The van der Waals surface area contributed by atoms with Gasteiger partial charge >= 0.3 is 0 Å².